The standard InChI is InChI=1S/C19H22N6O2S/c1-13(25-12-20-11-21-25)8-18(27)24-6-2-4-14(10-24)19-22-15(9-17(26)23-19)16-5-3-7-28-16/h3,5,7,9,11-14H,2,4,6,8,10H2,1H3,(H,22,23,26)/t13-,14-/m1/s1. The van der Waals surface area contributed by atoms with Gasteiger partial charge in [-0.1, -0.05) is 6.07 Å². The van der Waals surface area contributed by atoms with Crippen molar-refractivity contribution in [2.45, 2.75) is 38.1 Å². The number of hydrogen-bond donors (Lipinski definition) is 1. The molecule has 9 heteroatoms. The number of amides is 1. The molecule has 1 N–H and O–H groups in total. The lowest BCUT2D eigenvalue weighted by Gasteiger charge is -2.33. The molecule has 0 unspecified atom stereocenters. The van der Waals surface area contributed by atoms with Gasteiger partial charge in [-0.2, -0.15) is 5.10 Å². The van der Waals surface area contributed by atoms with Crippen molar-refractivity contribution in [3.63, 3.8) is 0 Å². The molecule has 28 heavy (non-hydrogen) atoms. The molecule has 1 aliphatic rings. The highest BCUT2D eigenvalue weighted by Crippen LogP contribution is 2.27. The smallest absolute Gasteiger partial charge is 0.251 e. The first-order chi connectivity index (χ1) is 13.6. The van der Waals surface area contributed by atoms with E-state index in [4.69, 9.17) is 0 Å². The molecule has 1 amide bonds. The summed E-state index contributed by atoms with van der Waals surface area (Å²) in [6.45, 7) is 3.26. The molecule has 3 aromatic rings. The summed E-state index contributed by atoms with van der Waals surface area (Å²) in [5, 5.41) is 6.07. The SMILES string of the molecule is C[C@H](CC(=O)N1CCC[C@@H](c2nc(-c3cccs3)cc(=O)[nH]2)C1)n1cncn1. The number of aromatic amines is 1. The van der Waals surface area contributed by atoms with Crippen LogP contribution in [0.5, 0.6) is 0 Å². The number of rotatable bonds is 5. The first-order valence-corrected chi connectivity index (χ1v) is 10.2. The van der Waals surface area contributed by atoms with Crippen LogP contribution in [0.15, 0.2) is 41.0 Å². The molecule has 4 rings (SSSR count). The van der Waals surface area contributed by atoms with E-state index in [-0.39, 0.29) is 23.4 Å². The van der Waals surface area contributed by atoms with Crippen molar-refractivity contribution < 1.29 is 4.79 Å². The van der Waals surface area contributed by atoms with Gasteiger partial charge in [0.1, 0.15) is 18.5 Å². The van der Waals surface area contributed by atoms with Crippen molar-refractivity contribution in [2.24, 2.45) is 0 Å². The van der Waals surface area contributed by atoms with Gasteiger partial charge in [0, 0.05) is 31.5 Å². The third-order valence-electron chi connectivity index (χ3n) is 5.05. The second kappa shape index (κ2) is 8.05. The van der Waals surface area contributed by atoms with Gasteiger partial charge in [-0.3, -0.25) is 9.59 Å². The average molecular weight is 398 g/mol. The molecule has 1 aliphatic heterocycles. The van der Waals surface area contributed by atoms with Crippen molar-refractivity contribution in [1.29, 1.82) is 0 Å². The van der Waals surface area contributed by atoms with Gasteiger partial charge in [0.15, 0.2) is 0 Å². The molecule has 1 fully saturated rings. The zero-order valence-electron chi connectivity index (χ0n) is 15.6. The Balaban J connectivity index is 1.48. The van der Waals surface area contributed by atoms with Gasteiger partial charge in [-0.25, -0.2) is 14.6 Å². The molecule has 2 atom stereocenters. The second-order valence-corrected chi connectivity index (χ2v) is 8.05. The van der Waals surface area contributed by atoms with Crippen LogP contribution >= 0.6 is 11.3 Å². The Hall–Kier alpha value is -2.81. The maximum absolute atomic E-state index is 12.8. The van der Waals surface area contributed by atoms with Gasteiger partial charge in [-0.15, -0.1) is 11.3 Å². The largest absolute Gasteiger partial charge is 0.342 e. The normalized spacial score (nSPS) is 18.2. The lowest BCUT2D eigenvalue weighted by Crippen LogP contribution is -2.40. The molecule has 1 saturated heterocycles. The summed E-state index contributed by atoms with van der Waals surface area (Å²) in [5.41, 5.74) is 0.536. The van der Waals surface area contributed by atoms with Crippen molar-refractivity contribution >= 4 is 17.2 Å². The molecule has 0 saturated carbocycles. The molecular formula is C19H22N6O2S. The number of nitrogens with one attached hydrogen (secondary N) is 1. The number of hydrogen-bond acceptors (Lipinski definition) is 6. The van der Waals surface area contributed by atoms with Crippen LogP contribution in [0.4, 0.5) is 0 Å². The van der Waals surface area contributed by atoms with Crippen LogP contribution in [-0.2, 0) is 4.79 Å². The second-order valence-electron chi connectivity index (χ2n) is 7.10. The number of H-pyrrole nitrogens is 1. The molecule has 0 spiro atoms. The molecule has 8 nitrogen and oxygen atoms in total. The van der Waals surface area contributed by atoms with E-state index in [0.717, 1.165) is 24.3 Å². The highest BCUT2D eigenvalue weighted by Gasteiger charge is 2.27. The number of aromatic nitrogens is 5. The first kappa shape index (κ1) is 18.5. The van der Waals surface area contributed by atoms with Gasteiger partial charge < -0.3 is 9.88 Å². The Morgan fingerprint density at radius 3 is 3.11 bits per heavy atom. The molecule has 4 heterocycles. The zero-order chi connectivity index (χ0) is 19.5. The van der Waals surface area contributed by atoms with Crippen molar-refractivity contribution in [2.75, 3.05) is 13.1 Å². The summed E-state index contributed by atoms with van der Waals surface area (Å²) in [5.74, 6) is 0.786. The fourth-order valence-corrected chi connectivity index (χ4v) is 4.25. The van der Waals surface area contributed by atoms with Gasteiger partial charge in [0.2, 0.25) is 5.91 Å². The van der Waals surface area contributed by atoms with Crippen LogP contribution in [0.2, 0.25) is 0 Å². The Morgan fingerprint density at radius 1 is 1.46 bits per heavy atom. The van der Waals surface area contributed by atoms with Crippen molar-refractivity contribution in [3.05, 3.63) is 52.4 Å². The number of nitrogens with zero attached hydrogens (tertiary/aromatic N) is 5. The van der Waals surface area contributed by atoms with Crippen molar-refractivity contribution in [3.8, 4) is 10.6 Å². The van der Waals surface area contributed by atoms with Gasteiger partial charge in [0.05, 0.1) is 16.6 Å². The Bertz CT molecular complexity index is 982. The third-order valence-corrected chi connectivity index (χ3v) is 5.95. The minimum absolute atomic E-state index is 0.0342. The monoisotopic (exact) mass is 398 g/mol. The molecule has 0 bridgehead atoms. The highest BCUT2D eigenvalue weighted by molar-refractivity contribution is 7.13. The number of piperidine rings is 1. The lowest BCUT2D eigenvalue weighted by molar-refractivity contribution is -0.133. The van der Waals surface area contributed by atoms with E-state index in [1.54, 1.807) is 22.3 Å². The fourth-order valence-electron chi connectivity index (χ4n) is 3.57. The average Bonchev–Trinajstić information content (AvgIpc) is 3.41. The molecule has 146 valence electrons. The van der Waals surface area contributed by atoms with Gasteiger partial charge in [-0.05, 0) is 31.2 Å². The minimum atomic E-state index is -0.156. The van der Waals surface area contributed by atoms with Crippen molar-refractivity contribution in [1.82, 2.24) is 29.6 Å². The van der Waals surface area contributed by atoms with Gasteiger partial charge >= 0.3 is 0 Å². The summed E-state index contributed by atoms with van der Waals surface area (Å²) < 4.78 is 1.70. The first-order valence-electron chi connectivity index (χ1n) is 9.37. The summed E-state index contributed by atoms with van der Waals surface area (Å²) in [4.78, 5) is 39.3. The molecular weight excluding hydrogens is 376 g/mol. The van der Waals surface area contributed by atoms with Crippen LogP contribution in [0.1, 0.15) is 44.0 Å². The van der Waals surface area contributed by atoms with Crippen LogP contribution in [0.3, 0.4) is 0 Å². The van der Waals surface area contributed by atoms with E-state index in [2.05, 4.69) is 20.1 Å². The maximum atomic E-state index is 12.8. The lowest BCUT2D eigenvalue weighted by atomic mass is 9.96. The summed E-state index contributed by atoms with van der Waals surface area (Å²) in [6.07, 6.45) is 5.26. The number of likely N-dealkylation sites (tertiary alicyclic amines) is 1. The number of carbonyl (C=O) groups excluding carboxylic acids is 1. The van der Waals surface area contributed by atoms with E-state index in [9.17, 15) is 9.59 Å². The number of thiophene rings is 1. The predicted molar refractivity (Wildman–Crippen MR) is 106 cm³/mol. The third kappa shape index (κ3) is 4.04. The van der Waals surface area contributed by atoms with Crippen LogP contribution < -0.4 is 5.56 Å². The Labute approximate surface area is 166 Å². The molecule has 0 aliphatic carbocycles. The van der Waals surface area contributed by atoms with Gasteiger partial charge in [0.25, 0.3) is 5.56 Å². The highest BCUT2D eigenvalue weighted by atomic mass is 32.1. The van der Waals surface area contributed by atoms with E-state index in [1.807, 2.05) is 29.3 Å². The maximum Gasteiger partial charge on any atom is 0.251 e. The number of carbonyl (C=O) groups is 1. The van der Waals surface area contributed by atoms with E-state index in [1.165, 1.54) is 12.4 Å². The quantitative estimate of drug-likeness (QED) is 0.712. The van der Waals surface area contributed by atoms with Crippen LogP contribution in [0, 0.1) is 0 Å². The van der Waals surface area contributed by atoms with Crippen LogP contribution in [0.25, 0.3) is 10.6 Å². The van der Waals surface area contributed by atoms with Crippen LogP contribution in [-0.4, -0.2) is 48.6 Å². The summed E-state index contributed by atoms with van der Waals surface area (Å²) >= 11 is 1.56. The Morgan fingerprint density at radius 2 is 2.36 bits per heavy atom. The van der Waals surface area contributed by atoms with E-state index in [0.29, 0.717) is 24.5 Å². The van der Waals surface area contributed by atoms with E-state index < -0.39 is 0 Å². The summed E-state index contributed by atoms with van der Waals surface area (Å²) in [6, 6.07) is 5.38. The topological polar surface area (TPSA) is 96.8 Å². The molecule has 0 aromatic carbocycles. The molecule has 0 radical (unpaired) electrons. The Kier molecular flexibility index (Phi) is 5.34. The minimum Gasteiger partial charge on any atom is -0.342 e. The molecule has 3 aromatic heterocycles. The zero-order valence-corrected chi connectivity index (χ0v) is 16.4. The van der Waals surface area contributed by atoms with E-state index >= 15 is 0 Å². The fraction of sp³-hybridized carbons (Fsp3) is 0.421. The summed E-state index contributed by atoms with van der Waals surface area (Å²) in [7, 11) is 0. The predicted octanol–water partition coefficient (Wildman–Crippen LogP) is 2.45.